The SMILES string of the molecule is C=CC(=O)NCC=CCO. The summed E-state index contributed by atoms with van der Waals surface area (Å²) in [5.74, 6) is -0.206. The Morgan fingerprint density at radius 1 is 1.60 bits per heavy atom. The molecule has 3 heteroatoms. The average molecular weight is 141 g/mol. The van der Waals surface area contributed by atoms with E-state index in [1.165, 1.54) is 6.08 Å². The lowest BCUT2D eigenvalue weighted by atomic mass is 10.5. The number of rotatable bonds is 4. The number of hydrogen-bond donors (Lipinski definition) is 2. The van der Waals surface area contributed by atoms with E-state index in [0.717, 1.165) is 0 Å². The molecule has 0 saturated heterocycles. The monoisotopic (exact) mass is 141 g/mol. The Morgan fingerprint density at radius 3 is 2.80 bits per heavy atom. The highest BCUT2D eigenvalue weighted by Crippen LogP contribution is 1.69. The molecule has 1 amide bonds. The first-order valence-corrected chi connectivity index (χ1v) is 2.97. The standard InChI is InChI=1S/C7H11NO2/c1-2-7(10)8-5-3-4-6-9/h2-4,9H,1,5-6H2,(H,8,10). The third-order valence-electron chi connectivity index (χ3n) is 0.852. The molecule has 0 aromatic rings. The zero-order valence-electron chi connectivity index (χ0n) is 5.71. The van der Waals surface area contributed by atoms with E-state index in [-0.39, 0.29) is 12.5 Å². The molecule has 0 fully saturated rings. The third kappa shape index (κ3) is 5.05. The maximum Gasteiger partial charge on any atom is 0.243 e. The molecule has 3 nitrogen and oxygen atoms in total. The van der Waals surface area contributed by atoms with Crippen LogP contribution in [0, 0.1) is 0 Å². The summed E-state index contributed by atoms with van der Waals surface area (Å²) in [6.45, 7) is 3.71. The van der Waals surface area contributed by atoms with E-state index in [0.29, 0.717) is 6.54 Å². The molecule has 0 aliphatic carbocycles. The summed E-state index contributed by atoms with van der Waals surface area (Å²) in [6, 6.07) is 0. The maximum absolute atomic E-state index is 10.4. The Hall–Kier alpha value is -1.09. The number of carbonyl (C=O) groups excluding carboxylic acids is 1. The van der Waals surface area contributed by atoms with Crippen molar-refractivity contribution in [2.45, 2.75) is 0 Å². The fourth-order valence-corrected chi connectivity index (χ4v) is 0.390. The molecular formula is C7H11NO2. The smallest absolute Gasteiger partial charge is 0.243 e. The molecule has 0 aromatic carbocycles. The van der Waals surface area contributed by atoms with Crippen LogP contribution in [0.15, 0.2) is 24.8 Å². The van der Waals surface area contributed by atoms with Gasteiger partial charge >= 0.3 is 0 Å². The van der Waals surface area contributed by atoms with Gasteiger partial charge in [-0.2, -0.15) is 0 Å². The third-order valence-corrected chi connectivity index (χ3v) is 0.852. The highest BCUT2D eigenvalue weighted by atomic mass is 16.2. The Balaban J connectivity index is 3.27. The molecular weight excluding hydrogens is 130 g/mol. The van der Waals surface area contributed by atoms with Gasteiger partial charge in [-0.25, -0.2) is 0 Å². The van der Waals surface area contributed by atoms with Gasteiger partial charge in [0, 0.05) is 6.54 Å². The molecule has 0 atom stereocenters. The van der Waals surface area contributed by atoms with Crippen molar-refractivity contribution in [3.63, 3.8) is 0 Å². The molecule has 0 heterocycles. The molecule has 0 saturated carbocycles. The summed E-state index contributed by atoms with van der Waals surface area (Å²) in [4.78, 5) is 10.4. The van der Waals surface area contributed by atoms with Crippen LogP contribution >= 0.6 is 0 Å². The Morgan fingerprint density at radius 2 is 2.30 bits per heavy atom. The lowest BCUT2D eigenvalue weighted by Crippen LogP contribution is -2.20. The first kappa shape index (κ1) is 8.91. The molecule has 0 aromatic heterocycles. The van der Waals surface area contributed by atoms with Gasteiger partial charge in [-0.05, 0) is 6.08 Å². The van der Waals surface area contributed by atoms with Gasteiger partial charge in [0.15, 0.2) is 0 Å². The van der Waals surface area contributed by atoms with Crippen LogP contribution in [0.4, 0.5) is 0 Å². The van der Waals surface area contributed by atoms with Crippen molar-refractivity contribution in [2.24, 2.45) is 0 Å². The van der Waals surface area contributed by atoms with Gasteiger partial charge in [0.25, 0.3) is 0 Å². The lowest BCUT2D eigenvalue weighted by molar-refractivity contribution is -0.116. The molecule has 0 radical (unpaired) electrons. The van der Waals surface area contributed by atoms with Crippen LogP contribution in [0.25, 0.3) is 0 Å². The molecule has 0 aliphatic rings. The highest BCUT2D eigenvalue weighted by Gasteiger charge is 1.86. The van der Waals surface area contributed by atoms with Crippen LogP contribution in [0.2, 0.25) is 0 Å². The van der Waals surface area contributed by atoms with E-state index in [2.05, 4.69) is 11.9 Å². The van der Waals surface area contributed by atoms with E-state index in [4.69, 9.17) is 5.11 Å². The van der Waals surface area contributed by atoms with E-state index in [1.807, 2.05) is 0 Å². The molecule has 2 N–H and O–H groups in total. The Bertz CT molecular complexity index is 141. The van der Waals surface area contributed by atoms with Crippen molar-refractivity contribution < 1.29 is 9.90 Å². The van der Waals surface area contributed by atoms with Gasteiger partial charge in [0.05, 0.1) is 6.61 Å². The number of amides is 1. The predicted octanol–water partition coefficient (Wildman–Crippen LogP) is -0.163. The predicted molar refractivity (Wildman–Crippen MR) is 39.4 cm³/mol. The largest absolute Gasteiger partial charge is 0.392 e. The number of carbonyl (C=O) groups is 1. The second-order valence-electron chi connectivity index (χ2n) is 1.60. The van der Waals surface area contributed by atoms with Crippen LogP contribution in [0.5, 0.6) is 0 Å². The average Bonchev–Trinajstić information content (AvgIpc) is 1.98. The lowest BCUT2D eigenvalue weighted by Gasteiger charge is -1.93. The summed E-state index contributed by atoms with van der Waals surface area (Å²) in [6.07, 6.45) is 4.43. The number of aliphatic hydroxyl groups is 1. The van der Waals surface area contributed by atoms with Crippen LogP contribution in [0.1, 0.15) is 0 Å². The minimum atomic E-state index is -0.206. The van der Waals surface area contributed by atoms with Crippen molar-refractivity contribution in [1.29, 1.82) is 0 Å². The van der Waals surface area contributed by atoms with Crippen molar-refractivity contribution in [1.82, 2.24) is 5.32 Å². The minimum Gasteiger partial charge on any atom is -0.392 e. The van der Waals surface area contributed by atoms with E-state index in [9.17, 15) is 4.79 Å². The van der Waals surface area contributed by atoms with Crippen LogP contribution in [0.3, 0.4) is 0 Å². The zero-order chi connectivity index (χ0) is 7.82. The first-order chi connectivity index (χ1) is 4.81. The normalized spacial score (nSPS) is 9.70. The fourth-order valence-electron chi connectivity index (χ4n) is 0.390. The van der Waals surface area contributed by atoms with Crippen molar-refractivity contribution >= 4 is 5.91 Å². The number of hydrogen-bond acceptors (Lipinski definition) is 2. The van der Waals surface area contributed by atoms with E-state index >= 15 is 0 Å². The Labute approximate surface area is 60.1 Å². The fraction of sp³-hybridized carbons (Fsp3) is 0.286. The molecule has 0 bridgehead atoms. The van der Waals surface area contributed by atoms with Crippen molar-refractivity contribution in [3.8, 4) is 0 Å². The van der Waals surface area contributed by atoms with Crippen LogP contribution < -0.4 is 5.32 Å². The number of aliphatic hydroxyl groups excluding tert-OH is 1. The van der Waals surface area contributed by atoms with Gasteiger partial charge in [0.1, 0.15) is 0 Å². The molecule has 0 rings (SSSR count). The maximum atomic E-state index is 10.4. The summed E-state index contributed by atoms with van der Waals surface area (Å²) in [5, 5.41) is 10.8. The summed E-state index contributed by atoms with van der Waals surface area (Å²) < 4.78 is 0. The van der Waals surface area contributed by atoms with Gasteiger partial charge in [-0.3, -0.25) is 4.79 Å². The second kappa shape index (κ2) is 6.04. The topological polar surface area (TPSA) is 49.3 Å². The molecule has 0 unspecified atom stereocenters. The van der Waals surface area contributed by atoms with Crippen molar-refractivity contribution in [3.05, 3.63) is 24.8 Å². The van der Waals surface area contributed by atoms with Gasteiger partial charge in [-0.15, -0.1) is 0 Å². The summed E-state index contributed by atoms with van der Waals surface area (Å²) in [7, 11) is 0. The molecule has 0 spiro atoms. The quantitative estimate of drug-likeness (QED) is 0.422. The minimum absolute atomic E-state index is 0.00393. The first-order valence-electron chi connectivity index (χ1n) is 2.97. The number of nitrogens with one attached hydrogen (secondary N) is 1. The highest BCUT2D eigenvalue weighted by molar-refractivity contribution is 5.86. The molecule has 0 aliphatic heterocycles. The molecule has 10 heavy (non-hydrogen) atoms. The summed E-state index contributed by atoms with van der Waals surface area (Å²) >= 11 is 0. The van der Waals surface area contributed by atoms with Crippen LogP contribution in [-0.4, -0.2) is 24.2 Å². The van der Waals surface area contributed by atoms with E-state index < -0.39 is 0 Å². The zero-order valence-corrected chi connectivity index (χ0v) is 5.71. The van der Waals surface area contributed by atoms with E-state index in [1.54, 1.807) is 12.2 Å². The molecule has 56 valence electrons. The van der Waals surface area contributed by atoms with Gasteiger partial charge in [0.2, 0.25) is 5.91 Å². The van der Waals surface area contributed by atoms with Gasteiger partial charge < -0.3 is 10.4 Å². The van der Waals surface area contributed by atoms with Crippen molar-refractivity contribution in [2.75, 3.05) is 13.2 Å². The second-order valence-corrected chi connectivity index (χ2v) is 1.60. The summed E-state index contributed by atoms with van der Waals surface area (Å²) in [5.41, 5.74) is 0. The van der Waals surface area contributed by atoms with Crippen LogP contribution in [-0.2, 0) is 4.79 Å². The Kier molecular flexibility index (Phi) is 5.38. The van der Waals surface area contributed by atoms with Gasteiger partial charge in [-0.1, -0.05) is 18.7 Å².